The van der Waals surface area contributed by atoms with Gasteiger partial charge in [0.1, 0.15) is 0 Å². The highest BCUT2D eigenvalue weighted by molar-refractivity contribution is 6.02. The maximum Gasteiger partial charge on any atom is 0.229 e. The van der Waals surface area contributed by atoms with Gasteiger partial charge >= 0.3 is 0 Å². The fraction of sp³-hybridized carbons (Fsp3) is 0.867. The van der Waals surface area contributed by atoms with Gasteiger partial charge in [0.05, 0.1) is 0 Å². The molecule has 0 aromatic heterocycles. The maximum absolute atomic E-state index is 12.1. The number of likely N-dealkylation sites (tertiary alicyclic amines) is 1. The molecule has 2 fully saturated rings. The normalized spacial score (nSPS) is 37.5. The van der Waals surface area contributed by atoms with Crippen molar-refractivity contribution >= 4 is 11.8 Å². The number of rotatable bonds is 1. The van der Waals surface area contributed by atoms with E-state index in [1.165, 1.54) is 9.96 Å². The molecule has 0 spiro atoms. The summed E-state index contributed by atoms with van der Waals surface area (Å²) in [5, 5.41) is 11.9. The van der Waals surface area contributed by atoms with Gasteiger partial charge in [0.25, 0.3) is 0 Å². The highest BCUT2D eigenvalue weighted by Gasteiger charge is 2.57. The summed E-state index contributed by atoms with van der Waals surface area (Å²) >= 11 is 0. The van der Waals surface area contributed by atoms with E-state index in [2.05, 4.69) is 0 Å². The van der Waals surface area contributed by atoms with Gasteiger partial charge in [-0.1, -0.05) is 13.8 Å². The summed E-state index contributed by atoms with van der Waals surface area (Å²) in [6.07, 6.45) is 0.636. The van der Waals surface area contributed by atoms with Crippen LogP contribution in [0.3, 0.4) is 0 Å². The first-order valence-electron chi connectivity index (χ1n) is 7.37. The summed E-state index contributed by atoms with van der Waals surface area (Å²) in [6, 6.07) is -0.161. The molecule has 2 unspecified atom stereocenters. The van der Waals surface area contributed by atoms with E-state index >= 15 is 0 Å². The number of amides is 2. The van der Waals surface area contributed by atoms with Crippen LogP contribution in [-0.4, -0.2) is 44.1 Å². The van der Waals surface area contributed by atoms with Gasteiger partial charge in [-0.25, -0.2) is 0 Å². The fourth-order valence-corrected chi connectivity index (χ4v) is 3.77. The summed E-state index contributed by atoms with van der Waals surface area (Å²) in [6.45, 7) is 11.9. The van der Waals surface area contributed by atoms with Crippen LogP contribution in [0, 0.1) is 11.8 Å². The Balaban J connectivity index is 2.46. The van der Waals surface area contributed by atoms with Crippen molar-refractivity contribution in [1.82, 2.24) is 9.96 Å². The molecule has 0 radical (unpaired) electrons. The van der Waals surface area contributed by atoms with Gasteiger partial charge in [0.2, 0.25) is 11.8 Å². The van der Waals surface area contributed by atoms with E-state index in [4.69, 9.17) is 0 Å². The molecule has 2 rings (SSSR count). The SMILES string of the molecule is CC1C(N2C(=O)CCC2=O)C(C)C(C)(C)N(O)C1(C)C. The second kappa shape index (κ2) is 4.53. The molecule has 2 saturated heterocycles. The number of hydrogen-bond acceptors (Lipinski definition) is 4. The molecular weight excluding hydrogens is 256 g/mol. The van der Waals surface area contributed by atoms with Crippen LogP contribution in [0.2, 0.25) is 0 Å². The lowest BCUT2D eigenvalue weighted by Gasteiger charge is -2.59. The molecule has 5 nitrogen and oxygen atoms in total. The summed E-state index contributed by atoms with van der Waals surface area (Å²) in [7, 11) is 0. The van der Waals surface area contributed by atoms with Gasteiger partial charge in [-0.05, 0) is 39.5 Å². The van der Waals surface area contributed by atoms with Crippen molar-refractivity contribution in [3.8, 4) is 0 Å². The standard InChI is InChI=1S/C15H26N2O3/c1-9-13(16-11(18)7-8-12(16)19)10(2)15(5,6)17(20)14(9,3)4/h9-10,13,20H,7-8H2,1-6H3. The molecule has 2 heterocycles. The summed E-state index contributed by atoms with van der Waals surface area (Å²) in [5.74, 6) is -0.142. The van der Waals surface area contributed by atoms with Crippen LogP contribution in [0.5, 0.6) is 0 Å². The Morgan fingerprint density at radius 3 is 1.65 bits per heavy atom. The number of piperidine rings is 1. The molecule has 0 aromatic carbocycles. The Kier molecular flexibility index (Phi) is 3.50. The lowest BCUT2D eigenvalue weighted by Crippen LogP contribution is -2.71. The Bertz CT molecular complexity index is 406. The van der Waals surface area contributed by atoms with Crippen LogP contribution >= 0.6 is 0 Å². The van der Waals surface area contributed by atoms with Crippen LogP contribution in [-0.2, 0) is 9.59 Å². The maximum atomic E-state index is 12.1. The van der Waals surface area contributed by atoms with E-state index in [0.29, 0.717) is 12.8 Å². The van der Waals surface area contributed by atoms with Gasteiger partial charge in [-0.2, -0.15) is 5.06 Å². The minimum atomic E-state index is -0.496. The summed E-state index contributed by atoms with van der Waals surface area (Å²) in [4.78, 5) is 25.7. The lowest BCUT2D eigenvalue weighted by molar-refractivity contribution is -0.284. The molecule has 0 saturated carbocycles. The van der Waals surface area contributed by atoms with E-state index < -0.39 is 11.1 Å². The zero-order chi connectivity index (χ0) is 15.5. The quantitative estimate of drug-likeness (QED) is 0.748. The van der Waals surface area contributed by atoms with Crippen LogP contribution in [0.1, 0.15) is 54.4 Å². The van der Waals surface area contributed by atoms with Crippen molar-refractivity contribution in [2.45, 2.75) is 71.5 Å². The molecule has 1 N–H and O–H groups in total. The van der Waals surface area contributed by atoms with Crippen molar-refractivity contribution in [1.29, 1.82) is 0 Å². The van der Waals surface area contributed by atoms with Crippen molar-refractivity contribution in [2.75, 3.05) is 0 Å². The molecule has 2 aliphatic rings. The van der Waals surface area contributed by atoms with Crippen molar-refractivity contribution in [3.05, 3.63) is 0 Å². The monoisotopic (exact) mass is 282 g/mol. The number of nitrogens with zero attached hydrogens (tertiary/aromatic N) is 2. The van der Waals surface area contributed by atoms with Gasteiger partial charge in [-0.15, -0.1) is 0 Å². The Hall–Kier alpha value is -0.940. The molecule has 114 valence electrons. The van der Waals surface area contributed by atoms with Gasteiger partial charge < -0.3 is 5.21 Å². The molecule has 5 heteroatoms. The van der Waals surface area contributed by atoms with Gasteiger partial charge in [-0.3, -0.25) is 14.5 Å². The second-order valence-corrected chi connectivity index (χ2v) is 7.34. The Morgan fingerprint density at radius 1 is 0.950 bits per heavy atom. The van der Waals surface area contributed by atoms with Crippen LogP contribution in [0.4, 0.5) is 0 Å². The third-order valence-corrected chi connectivity index (χ3v) is 5.73. The summed E-state index contributed by atoms with van der Waals surface area (Å²) < 4.78 is 0. The van der Waals surface area contributed by atoms with Crippen molar-refractivity contribution < 1.29 is 14.8 Å². The molecule has 20 heavy (non-hydrogen) atoms. The molecule has 0 aliphatic carbocycles. The second-order valence-electron chi connectivity index (χ2n) is 7.34. The number of hydrogen-bond donors (Lipinski definition) is 1. The minimum Gasteiger partial charge on any atom is -0.313 e. The fourth-order valence-electron chi connectivity index (χ4n) is 3.77. The van der Waals surface area contributed by atoms with Crippen LogP contribution in [0.25, 0.3) is 0 Å². The molecule has 2 amide bonds. The first-order chi connectivity index (χ1) is 9.02. The van der Waals surface area contributed by atoms with Gasteiger partial charge in [0, 0.05) is 30.0 Å². The highest BCUT2D eigenvalue weighted by atomic mass is 16.5. The smallest absolute Gasteiger partial charge is 0.229 e. The number of carbonyl (C=O) groups is 2. The lowest BCUT2D eigenvalue weighted by atomic mass is 9.65. The van der Waals surface area contributed by atoms with E-state index in [0.717, 1.165) is 0 Å². The van der Waals surface area contributed by atoms with E-state index in [-0.39, 0.29) is 29.7 Å². The average molecular weight is 282 g/mol. The zero-order valence-electron chi connectivity index (χ0n) is 13.3. The largest absolute Gasteiger partial charge is 0.313 e. The average Bonchev–Trinajstić information content (AvgIpc) is 2.68. The van der Waals surface area contributed by atoms with E-state index in [1.54, 1.807) is 0 Å². The van der Waals surface area contributed by atoms with Crippen LogP contribution in [0.15, 0.2) is 0 Å². The molecule has 0 aromatic rings. The van der Waals surface area contributed by atoms with Gasteiger partial charge in [0.15, 0.2) is 0 Å². The summed E-state index contributed by atoms with van der Waals surface area (Å²) in [5.41, 5.74) is -0.992. The highest BCUT2D eigenvalue weighted by Crippen LogP contribution is 2.46. The molecule has 2 atom stereocenters. The van der Waals surface area contributed by atoms with Crippen LogP contribution < -0.4 is 0 Å². The molecule has 2 aliphatic heterocycles. The number of hydroxylamine groups is 2. The predicted molar refractivity (Wildman–Crippen MR) is 75.0 cm³/mol. The van der Waals surface area contributed by atoms with E-state index in [1.807, 2.05) is 41.5 Å². The van der Waals surface area contributed by atoms with Crippen molar-refractivity contribution in [3.63, 3.8) is 0 Å². The topological polar surface area (TPSA) is 60.9 Å². The Labute approximate surface area is 120 Å². The number of imide groups is 1. The molecule has 0 bridgehead atoms. The minimum absolute atomic E-state index is 0.00141. The number of carbonyl (C=O) groups excluding carboxylic acids is 2. The third kappa shape index (κ3) is 1.91. The third-order valence-electron chi connectivity index (χ3n) is 5.73. The zero-order valence-corrected chi connectivity index (χ0v) is 13.3. The van der Waals surface area contributed by atoms with Crippen molar-refractivity contribution in [2.24, 2.45) is 11.8 Å². The first-order valence-corrected chi connectivity index (χ1v) is 7.37. The Morgan fingerprint density at radius 2 is 1.30 bits per heavy atom. The first kappa shape index (κ1) is 15.4. The van der Waals surface area contributed by atoms with E-state index in [9.17, 15) is 14.8 Å². The molecular formula is C15H26N2O3. The predicted octanol–water partition coefficient (Wildman–Crippen LogP) is 2.04.